The highest BCUT2D eigenvalue weighted by atomic mass is 16.6. The number of aromatic nitrogens is 3. The lowest BCUT2D eigenvalue weighted by Gasteiger charge is -1.98. The van der Waals surface area contributed by atoms with Gasteiger partial charge in [-0.1, -0.05) is 10.3 Å². The lowest BCUT2D eigenvalue weighted by atomic mass is 10.1. The molecule has 1 aliphatic rings. The largest absolute Gasteiger partial charge is 0.347 e. The molecule has 0 aromatic carbocycles. The van der Waals surface area contributed by atoms with E-state index in [4.69, 9.17) is 0 Å². The van der Waals surface area contributed by atoms with Crippen LogP contribution in [0.15, 0.2) is 23.1 Å². The Hall–Kier alpha value is -1.91. The van der Waals surface area contributed by atoms with Gasteiger partial charge in [0.05, 0.1) is 6.54 Å². The number of carbonyl (C=O) groups excluding carboxylic acids is 1. The van der Waals surface area contributed by atoms with Gasteiger partial charge in [0, 0.05) is 23.9 Å². The lowest BCUT2D eigenvalue weighted by molar-refractivity contribution is 0.0967. The molecule has 0 aliphatic heterocycles. The van der Waals surface area contributed by atoms with Gasteiger partial charge in [-0.25, -0.2) is 4.63 Å². The Kier molecular flexibility index (Phi) is 2.31. The van der Waals surface area contributed by atoms with E-state index in [9.17, 15) is 4.79 Å². The minimum atomic E-state index is 0.263. The van der Waals surface area contributed by atoms with E-state index in [0.717, 1.165) is 29.8 Å². The molecule has 0 spiro atoms. The molecule has 1 fully saturated rings. The van der Waals surface area contributed by atoms with E-state index < -0.39 is 0 Å². The summed E-state index contributed by atoms with van der Waals surface area (Å²) in [5.41, 5.74) is 2.38. The zero-order valence-electron chi connectivity index (χ0n) is 9.59. The maximum Gasteiger partial charge on any atom is 0.167 e. The van der Waals surface area contributed by atoms with Crippen molar-refractivity contribution < 1.29 is 9.42 Å². The molecule has 0 bridgehead atoms. The predicted octanol–water partition coefficient (Wildman–Crippen LogP) is 1.82. The molecule has 0 unspecified atom stereocenters. The smallest absolute Gasteiger partial charge is 0.167 e. The Morgan fingerprint density at radius 3 is 3.00 bits per heavy atom. The third-order valence-electron chi connectivity index (χ3n) is 3.06. The van der Waals surface area contributed by atoms with Crippen molar-refractivity contribution in [2.24, 2.45) is 5.92 Å². The average molecular weight is 231 g/mol. The summed E-state index contributed by atoms with van der Waals surface area (Å²) in [6.45, 7) is 2.44. The summed E-state index contributed by atoms with van der Waals surface area (Å²) in [6.07, 6.45) is 5.84. The first-order valence-corrected chi connectivity index (χ1v) is 5.72. The van der Waals surface area contributed by atoms with Gasteiger partial charge in [0.25, 0.3) is 0 Å². The van der Waals surface area contributed by atoms with Crippen molar-refractivity contribution in [2.75, 3.05) is 0 Å². The van der Waals surface area contributed by atoms with Gasteiger partial charge >= 0.3 is 0 Å². The number of hydrogen-bond donors (Lipinski definition) is 0. The SMILES string of the molecule is Cc1nonc1Cn1ccc(C(=O)C2CC2)c1. The Balaban J connectivity index is 1.76. The van der Waals surface area contributed by atoms with Gasteiger partial charge in [0.1, 0.15) is 11.4 Å². The van der Waals surface area contributed by atoms with Crippen molar-refractivity contribution in [1.29, 1.82) is 0 Å². The van der Waals surface area contributed by atoms with Crippen LogP contribution < -0.4 is 0 Å². The maximum atomic E-state index is 11.8. The molecule has 0 radical (unpaired) electrons. The number of rotatable bonds is 4. The Bertz CT molecular complexity index is 552. The second-order valence-corrected chi connectivity index (χ2v) is 4.51. The van der Waals surface area contributed by atoms with Crippen molar-refractivity contribution >= 4 is 5.78 Å². The summed E-state index contributed by atoms with van der Waals surface area (Å²) in [5.74, 6) is 0.528. The molecule has 2 aromatic heterocycles. The third-order valence-corrected chi connectivity index (χ3v) is 3.06. The second-order valence-electron chi connectivity index (χ2n) is 4.51. The molecule has 17 heavy (non-hydrogen) atoms. The normalized spacial score (nSPS) is 15.1. The molecule has 2 heterocycles. The van der Waals surface area contributed by atoms with Crippen molar-refractivity contribution in [1.82, 2.24) is 14.9 Å². The summed E-state index contributed by atoms with van der Waals surface area (Å²) in [6, 6.07) is 1.86. The highest BCUT2D eigenvalue weighted by Crippen LogP contribution is 2.32. The predicted molar refractivity (Wildman–Crippen MR) is 59.6 cm³/mol. The van der Waals surface area contributed by atoms with E-state index >= 15 is 0 Å². The quantitative estimate of drug-likeness (QED) is 0.753. The van der Waals surface area contributed by atoms with Crippen LogP contribution in [-0.4, -0.2) is 20.7 Å². The van der Waals surface area contributed by atoms with E-state index in [0.29, 0.717) is 6.54 Å². The van der Waals surface area contributed by atoms with Crippen LogP contribution in [0, 0.1) is 12.8 Å². The number of Topliss-reactive ketones (excluding diaryl/α,β-unsaturated/α-hetero) is 1. The van der Waals surface area contributed by atoms with Gasteiger partial charge in [-0.15, -0.1) is 0 Å². The molecule has 0 N–H and O–H groups in total. The van der Waals surface area contributed by atoms with E-state index in [1.807, 2.05) is 30.0 Å². The number of carbonyl (C=O) groups is 1. The van der Waals surface area contributed by atoms with Crippen LogP contribution in [0.1, 0.15) is 34.6 Å². The van der Waals surface area contributed by atoms with E-state index in [1.54, 1.807) is 0 Å². The average Bonchev–Trinajstić information content (AvgIpc) is 2.95. The van der Waals surface area contributed by atoms with Gasteiger partial charge in [-0.3, -0.25) is 4.79 Å². The molecule has 1 saturated carbocycles. The fraction of sp³-hybridized carbons (Fsp3) is 0.417. The lowest BCUT2D eigenvalue weighted by Crippen LogP contribution is -2.01. The molecule has 0 atom stereocenters. The maximum absolute atomic E-state index is 11.8. The fourth-order valence-electron chi connectivity index (χ4n) is 1.83. The first-order valence-electron chi connectivity index (χ1n) is 5.72. The zero-order valence-corrected chi connectivity index (χ0v) is 9.59. The molecule has 5 heteroatoms. The molecule has 1 aliphatic carbocycles. The van der Waals surface area contributed by atoms with Gasteiger partial charge < -0.3 is 4.57 Å². The fourth-order valence-corrected chi connectivity index (χ4v) is 1.83. The number of aryl methyl sites for hydroxylation is 1. The highest BCUT2D eigenvalue weighted by molar-refractivity contribution is 5.99. The van der Waals surface area contributed by atoms with Crippen LogP contribution in [0.3, 0.4) is 0 Å². The molecular weight excluding hydrogens is 218 g/mol. The summed E-state index contributed by atoms with van der Waals surface area (Å²) in [7, 11) is 0. The molecule has 0 saturated heterocycles. The van der Waals surface area contributed by atoms with Gasteiger partial charge in [-0.05, 0) is 25.8 Å². The molecule has 88 valence electrons. The summed E-state index contributed by atoms with van der Waals surface area (Å²) in [5, 5.41) is 7.55. The summed E-state index contributed by atoms with van der Waals surface area (Å²) < 4.78 is 6.57. The first kappa shape index (κ1) is 10.3. The van der Waals surface area contributed by atoms with Crippen LogP contribution in [0.2, 0.25) is 0 Å². The molecule has 3 rings (SSSR count). The molecule has 5 nitrogen and oxygen atoms in total. The van der Waals surface area contributed by atoms with Crippen LogP contribution in [0.4, 0.5) is 0 Å². The van der Waals surface area contributed by atoms with Crippen LogP contribution in [0.25, 0.3) is 0 Å². The monoisotopic (exact) mass is 231 g/mol. The summed E-state index contributed by atoms with van der Waals surface area (Å²) in [4.78, 5) is 11.8. The number of hydrogen-bond acceptors (Lipinski definition) is 4. The van der Waals surface area contributed by atoms with E-state index in [2.05, 4.69) is 14.9 Å². The summed E-state index contributed by atoms with van der Waals surface area (Å²) >= 11 is 0. The Morgan fingerprint density at radius 1 is 1.53 bits per heavy atom. The standard InChI is InChI=1S/C12H13N3O2/c1-8-11(14-17-13-8)7-15-5-4-10(6-15)12(16)9-2-3-9/h4-6,9H,2-3,7H2,1H3. The minimum Gasteiger partial charge on any atom is -0.347 e. The number of ketones is 1. The van der Waals surface area contributed by atoms with E-state index in [-0.39, 0.29) is 11.7 Å². The van der Waals surface area contributed by atoms with Crippen molar-refractivity contribution in [3.63, 3.8) is 0 Å². The molecule has 2 aromatic rings. The third kappa shape index (κ3) is 2.00. The Labute approximate surface area is 98.4 Å². The van der Waals surface area contributed by atoms with Gasteiger partial charge in [-0.2, -0.15) is 0 Å². The van der Waals surface area contributed by atoms with Crippen LogP contribution in [-0.2, 0) is 6.54 Å². The van der Waals surface area contributed by atoms with Crippen LogP contribution in [0.5, 0.6) is 0 Å². The van der Waals surface area contributed by atoms with Crippen molar-refractivity contribution in [3.8, 4) is 0 Å². The van der Waals surface area contributed by atoms with Crippen molar-refractivity contribution in [2.45, 2.75) is 26.3 Å². The highest BCUT2D eigenvalue weighted by Gasteiger charge is 2.30. The van der Waals surface area contributed by atoms with Gasteiger partial charge in [0.2, 0.25) is 0 Å². The minimum absolute atomic E-state index is 0.263. The molecule has 0 amide bonds. The first-order chi connectivity index (χ1) is 8.24. The number of nitrogens with zero attached hydrogens (tertiary/aromatic N) is 3. The molecular formula is C12H13N3O2. The second kappa shape index (κ2) is 3.84. The topological polar surface area (TPSA) is 60.9 Å². The zero-order chi connectivity index (χ0) is 11.8. The van der Waals surface area contributed by atoms with E-state index in [1.165, 1.54) is 0 Å². The Morgan fingerprint density at radius 2 is 2.35 bits per heavy atom. The van der Waals surface area contributed by atoms with Crippen LogP contribution >= 0.6 is 0 Å². The van der Waals surface area contributed by atoms with Gasteiger partial charge in [0.15, 0.2) is 5.78 Å². The van der Waals surface area contributed by atoms with Crippen molar-refractivity contribution in [3.05, 3.63) is 35.4 Å².